The number of hydrogen-bond donors (Lipinski definition) is 1. The monoisotopic (exact) mass is 332 g/mol. The summed E-state index contributed by atoms with van der Waals surface area (Å²) in [4.78, 5) is 27.3. The third-order valence-electron chi connectivity index (χ3n) is 3.61. The molecule has 0 saturated carbocycles. The lowest BCUT2D eigenvalue weighted by Crippen LogP contribution is -2.19. The first kappa shape index (κ1) is 17.6. The van der Waals surface area contributed by atoms with Crippen molar-refractivity contribution < 1.29 is 9.66 Å². The van der Waals surface area contributed by atoms with Crippen molar-refractivity contribution in [1.29, 1.82) is 0 Å². The molecule has 128 valence electrons. The van der Waals surface area contributed by atoms with Gasteiger partial charge in [-0.05, 0) is 32.4 Å². The van der Waals surface area contributed by atoms with E-state index in [1.54, 1.807) is 21.0 Å². The molecule has 0 atom stereocenters. The van der Waals surface area contributed by atoms with Crippen molar-refractivity contribution in [3.63, 3.8) is 0 Å². The highest BCUT2D eigenvalue weighted by molar-refractivity contribution is 5.99. The van der Waals surface area contributed by atoms with E-state index in [2.05, 4.69) is 10.1 Å². The first-order valence-electron chi connectivity index (χ1n) is 7.52. The highest BCUT2D eigenvalue weighted by Gasteiger charge is 2.15. The molecule has 24 heavy (non-hydrogen) atoms. The largest absolute Gasteiger partial charge is 0.385 e. The van der Waals surface area contributed by atoms with Crippen molar-refractivity contribution >= 4 is 11.4 Å². The van der Waals surface area contributed by atoms with Gasteiger partial charge >= 0.3 is 0 Å². The minimum Gasteiger partial charge on any atom is -0.385 e. The Hall–Kier alpha value is -2.74. The molecular weight excluding hydrogens is 312 g/mol. The van der Waals surface area contributed by atoms with Gasteiger partial charge in [0.05, 0.1) is 16.2 Å². The molecule has 1 heterocycles. The molecule has 2 aromatic rings. The zero-order valence-corrected chi connectivity index (χ0v) is 13.9. The molecule has 1 N–H and O–H groups in total. The van der Waals surface area contributed by atoms with Crippen LogP contribution in [0.15, 0.2) is 34.1 Å². The molecular formula is C16H20N4O4. The molecule has 0 spiro atoms. The van der Waals surface area contributed by atoms with Crippen molar-refractivity contribution in [2.45, 2.75) is 20.3 Å². The van der Waals surface area contributed by atoms with Gasteiger partial charge < -0.3 is 4.74 Å². The van der Waals surface area contributed by atoms with E-state index >= 15 is 0 Å². The quantitative estimate of drug-likeness (QED) is 0.363. The van der Waals surface area contributed by atoms with E-state index in [9.17, 15) is 14.9 Å². The van der Waals surface area contributed by atoms with E-state index in [1.165, 1.54) is 28.9 Å². The van der Waals surface area contributed by atoms with E-state index < -0.39 is 4.92 Å². The topological polar surface area (TPSA) is 103 Å². The number of non-ortho nitro benzene ring substituents is 1. The predicted molar refractivity (Wildman–Crippen MR) is 91.4 cm³/mol. The SMILES string of the molecule is COCCCN=C(C)c1c(C)[nH]n(-c2ccc([N+](=O)[O-])cc2)c1=O. The lowest BCUT2D eigenvalue weighted by molar-refractivity contribution is -0.384. The van der Waals surface area contributed by atoms with Crippen LogP contribution in [-0.2, 0) is 4.74 Å². The zero-order chi connectivity index (χ0) is 17.7. The fraction of sp³-hybridized carbons (Fsp3) is 0.375. The first-order valence-corrected chi connectivity index (χ1v) is 7.52. The normalized spacial score (nSPS) is 11.7. The van der Waals surface area contributed by atoms with Crippen molar-refractivity contribution in [3.8, 4) is 5.69 Å². The Morgan fingerprint density at radius 1 is 1.38 bits per heavy atom. The Morgan fingerprint density at radius 3 is 2.62 bits per heavy atom. The van der Waals surface area contributed by atoms with Crippen molar-refractivity contribution in [3.05, 3.63) is 56.0 Å². The number of nitro groups is 1. The first-order chi connectivity index (χ1) is 11.5. The maximum Gasteiger partial charge on any atom is 0.280 e. The summed E-state index contributed by atoms with van der Waals surface area (Å²) in [7, 11) is 1.63. The molecule has 0 saturated heterocycles. The van der Waals surface area contributed by atoms with Crippen LogP contribution in [0.25, 0.3) is 5.69 Å². The van der Waals surface area contributed by atoms with Gasteiger partial charge in [0.25, 0.3) is 11.2 Å². The summed E-state index contributed by atoms with van der Waals surface area (Å²) in [5, 5.41) is 13.7. The smallest absolute Gasteiger partial charge is 0.280 e. The van der Waals surface area contributed by atoms with Gasteiger partial charge in [0.2, 0.25) is 0 Å². The summed E-state index contributed by atoms with van der Waals surface area (Å²) in [6, 6.07) is 5.79. The van der Waals surface area contributed by atoms with Crippen LogP contribution in [0.4, 0.5) is 5.69 Å². The second-order valence-electron chi connectivity index (χ2n) is 5.34. The van der Waals surface area contributed by atoms with E-state index in [0.29, 0.717) is 35.8 Å². The number of aliphatic imine (C=N–C) groups is 1. The van der Waals surface area contributed by atoms with E-state index in [1.807, 2.05) is 0 Å². The summed E-state index contributed by atoms with van der Waals surface area (Å²) in [5.74, 6) is 0. The van der Waals surface area contributed by atoms with E-state index in [0.717, 1.165) is 6.42 Å². The minimum absolute atomic E-state index is 0.0220. The lowest BCUT2D eigenvalue weighted by Gasteiger charge is -2.00. The molecule has 8 heteroatoms. The number of nitrogens with zero attached hydrogens (tertiary/aromatic N) is 3. The number of aryl methyl sites for hydroxylation is 1. The maximum atomic E-state index is 12.6. The second-order valence-corrected chi connectivity index (χ2v) is 5.34. The van der Waals surface area contributed by atoms with Crippen LogP contribution >= 0.6 is 0 Å². The van der Waals surface area contributed by atoms with Crippen molar-refractivity contribution in [2.24, 2.45) is 4.99 Å². The third-order valence-corrected chi connectivity index (χ3v) is 3.61. The number of hydrogen-bond acceptors (Lipinski definition) is 5. The molecule has 0 radical (unpaired) electrons. The standard InChI is InChI=1S/C16H20N4O4/c1-11(17-9-4-10-24-3)15-12(2)18-19(16(15)21)13-5-7-14(8-6-13)20(22)23/h5-8,18H,4,9-10H2,1-3H3. The number of nitro benzene ring substituents is 1. The number of aromatic nitrogens is 2. The molecule has 8 nitrogen and oxygen atoms in total. The van der Waals surface area contributed by atoms with Gasteiger partial charge in [-0.1, -0.05) is 0 Å². The number of H-pyrrole nitrogens is 1. The second kappa shape index (κ2) is 7.69. The average Bonchev–Trinajstić information content (AvgIpc) is 2.86. The molecule has 0 amide bonds. The molecule has 0 aliphatic heterocycles. The molecule has 1 aromatic carbocycles. The summed E-state index contributed by atoms with van der Waals surface area (Å²) < 4.78 is 6.34. The third kappa shape index (κ3) is 3.77. The molecule has 0 bridgehead atoms. The number of methoxy groups -OCH3 is 1. The zero-order valence-electron chi connectivity index (χ0n) is 13.9. The van der Waals surface area contributed by atoms with Crippen LogP contribution in [0, 0.1) is 17.0 Å². The van der Waals surface area contributed by atoms with Gasteiger partial charge in [-0.15, -0.1) is 0 Å². The van der Waals surface area contributed by atoms with Gasteiger partial charge in [-0.3, -0.25) is 25.0 Å². The summed E-state index contributed by atoms with van der Waals surface area (Å²) in [6.07, 6.45) is 0.786. The molecule has 0 unspecified atom stereocenters. The van der Waals surface area contributed by atoms with Gasteiger partial charge in [0, 0.05) is 43.8 Å². The molecule has 0 aliphatic carbocycles. The Bertz CT molecular complexity index is 802. The van der Waals surface area contributed by atoms with Crippen molar-refractivity contribution in [2.75, 3.05) is 20.3 Å². The van der Waals surface area contributed by atoms with Crippen LogP contribution in [0.1, 0.15) is 24.6 Å². The summed E-state index contributed by atoms with van der Waals surface area (Å²) >= 11 is 0. The number of aromatic amines is 1. The number of rotatable bonds is 7. The summed E-state index contributed by atoms with van der Waals surface area (Å²) in [6.45, 7) is 4.80. The molecule has 0 aliphatic rings. The Kier molecular flexibility index (Phi) is 5.64. The highest BCUT2D eigenvalue weighted by atomic mass is 16.6. The lowest BCUT2D eigenvalue weighted by atomic mass is 10.2. The van der Waals surface area contributed by atoms with Gasteiger partial charge in [-0.2, -0.15) is 0 Å². The summed E-state index contributed by atoms with van der Waals surface area (Å²) in [5.41, 5.74) is 2.16. The predicted octanol–water partition coefficient (Wildman–Crippen LogP) is 2.23. The van der Waals surface area contributed by atoms with Crippen LogP contribution in [-0.4, -0.2) is 40.7 Å². The van der Waals surface area contributed by atoms with Crippen molar-refractivity contribution in [1.82, 2.24) is 9.78 Å². The van der Waals surface area contributed by atoms with Crippen LogP contribution in [0.3, 0.4) is 0 Å². The van der Waals surface area contributed by atoms with Gasteiger partial charge in [0.1, 0.15) is 0 Å². The van der Waals surface area contributed by atoms with Crippen LogP contribution in [0.2, 0.25) is 0 Å². The Morgan fingerprint density at radius 2 is 2.04 bits per heavy atom. The fourth-order valence-corrected chi connectivity index (χ4v) is 2.41. The number of ether oxygens (including phenoxy) is 1. The van der Waals surface area contributed by atoms with Gasteiger partial charge in [0.15, 0.2) is 0 Å². The number of nitrogens with one attached hydrogen (secondary N) is 1. The molecule has 1 aromatic heterocycles. The minimum atomic E-state index is -0.477. The average molecular weight is 332 g/mol. The van der Waals surface area contributed by atoms with E-state index in [4.69, 9.17) is 4.74 Å². The van der Waals surface area contributed by atoms with Crippen LogP contribution in [0.5, 0.6) is 0 Å². The maximum absolute atomic E-state index is 12.6. The molecule has 0 fully saturated rings. The Labute approximate surface area is 138 Å². The van der Waals surface area contributed by atoms with Gasteiger partial charge in [-0.25, -0.2) is 4.68 Å². The van der Waals surface area contributed by atoms with E-state index in [-0.39, 0.29) is 11.2 Å². The Balaban J connectivity index is 2.31. The number of benzene rings is 1. The van der Waals surface area contributed by atoms with Crippen LogP contribution < -0.4 is 5.56 Å². The fourth-order valence-electron chi connectivity index (χ4n) is 2.41. The molecule has 2 rings (SSSR count). The highest BCUT2D eigenvalue weighted by Crippen LogP contribution is 2.14.